The van der Waals surface area contributed by atoms with Crippen LogP contribution < -0.4 is 4.90 Å². The Bertz CT molecular complexity index is 2800. The van der Waals surface area contributed by atoms with Crippen LogP contribution in [-0.4, -0.2) is 117 Å². The zero-order valence-corrected chi connectivity index (χ0v) is 39.9. The van der Waals surface area contributed by atoms with Gasteiger partial charge in [-0.3, -0.25) is 4.79 Å². The van der Waals surface area contributed by atoms with E-state index in [9.17, 15) is 69.6 Å². The molecule has 65 heavy (non-hydrogen) atoms. The molecule has 19 nitrogen and oxygen atoms in total. The van der Waals surface area contributed by atoms with E-state index in [1.807, 2.05) is 4.58 Å². The number of benzene rings is 2. The number of fused-ring (bicyclic) bond motifs is 2. The largest absolute Gasteiger partial charge is 0.748 e. The Hall–Kier alpha value is -3.85. The number of hydrogen-bond acceptors (Lipinski definition) is 17. The first-order valence-electron chi connectivity index (χ1n) is 20.7. The highest BCUT2D eigenvalue weighted by atomic mass is 32.2. The van der Waals surface area contributed by atoms with Gasteiger partial charge in [-0.2, -0.15) is 4.58 Å². The maximum Gasteiger partial charge on any atom is 0.303 e. The van der Waals surface area contributed by atoms with Crippen LogP contribution in [0.5, 0.6) is 0 Å². The van der Waals surface area contributed by atoms with E-state index in [1.54, 1.807) is 49.1 Å². The third-order valence-corrected chi connectivity index (χ3v) is 15.7. The third kappa shape index (κ3) is 15.1. The van der Waals surface area contributed by atoms with Gasteiger partial charge in [0, 0.05) is 71.2 Å². The molecule has 362 valence electrons. The Morgan fingerprint density at radius 2 is 1.15 bits per heavy atom. The number of rotatable bonds is 26. The van der Waals surface area contributed by atoms with E-state index < -0.39 is 94.4 Å². The highest BCUT2D eigenvalue weighted by Gasteiger charge is 2.48. The number of allylic oxidation sites excluding steroid dienone is 6. The van der Waals surface area contributed by atoms with Crippen molar-refractivity contribution in [3.63, 3.8) is 0 Å². The van der Waals surface area contributed by atoms with Gasteiger partial charge < -0.3 is 32.8 Å². The zero-order chi connectivity index (χ0) is 48.6. The number of nitrogens with zero attached hydrogens (tertiary/aromatic N) is 2. The lowest BCUT2D eigenvalue weighted by atomic mass is 9.75. The first-order valence-corrected chi connectivity index (χ1v) is 28.2. The Kier molecular flexibility index (Phi) is 17.7. The van der Waals surface area contributed by atoms with Crippen LogP contribution >= 0.6 is 0 Å². The predicted molar refractivity (Wildman–Crippen MR) is 234 cm³/mol. The van der Waals surface area contributed by atoms with Gasteiger partial charge in [-0.15, -0.1) is 0 Å². The third-order valence-electron chi connectivity index (χ3n) is 11.7. The molecule has 2 unspecified atom stereocenters. The minimum absolute atomic E-state index is 0.00470. The molecule has 2 aromatic carbocycles. The predicted octanol–water partition coefficient (Wildman–Crippen LogP) is 4.03. The number of carboxylic acids is 1. The van der Waals surface area contributed by atoms with Gasteiger partial charge in [0.05, 0.1) is 45.6 Å². The van der Waals surface area contributed by atoms with Gasteiger partial charge in [-0.25, -0.2) is 42.1 Å². The van der Waals surface area contributed by atoms with Crippen molar-refractivity contribution in [1.82, 2.24) is 0 Å². The molecule has 0 bridgehead atoms. The number of anilines is 1. The fraction of sp³-hybridized carbons (Fsp3) is 0.512. The summed E-state index contributed by atoms with van der Waals surface area (Å²) in [7, 11) is -23.5. The van der Waals surface area contributed by atoms with E-state index in [0.29, 0.717) is 59.7 Å². The summed E-state index contributed by atoms with van der Waals surface area (Å²) in [6.07, 6.45) is 10.6. The van der Waals surface area contributed by atoms with Gasteiger partial charge in [0.25, 0.3) is 0 Å². The molecule has 4 rings (SSSR count). The van der Waals surface area contributed by atoms with Crippen LogP contribution in [0.4, 0.5) is 11.4 Å². The molecule has 0 saturated heterocycles. The molecule has 0 spiro atoms. The highest BCUT2D eigenvalue weighted by molar-refractivity contribution is 7.86. The topological polar surface area (TPSA) is 330 Å². The average molecular weight is 1010 g/mol. The van der Waals surface area contributed by atoms with Crippen molar-refractivity contribution in [3.8, 4) is 0 Å². The van der Waals surface area contributed by atoms with Crippen LogP contribution in [-0.2, 0) is 66.2 Å². The van der Waals surface area contributed by atoms with E-state index in [1.165, 1.54) is 30.3 Å². The normalized spacial score (nSPS) is 20.1. The Balaban J connectivity index is 1.83. The maximum absolute atomic E-state index is 12.2. The zero-order valence-electron chi connectivity index (χ0n) is 35.8. The summed E-state index contributed by atoms with van der Waals surface area (Å²) >= 11 is 0. The second-order valence-corrected chi connectivity index (χ2v) is 23.9. The molecule has 0 aromatic heterocycles. The lowest BCUT2D eigenvalue weighted by Crippen LogP contribution is -2.31. The van der Waals surface area contributed by atoms with Crippen LogP contribution in [0.15, 0.2) is 82.3 Å². The Labute approximate surface area is 381 Å². The molecule has 2 heterocycles. The van der Waals surface area contributed by atoms with Gasteiger partial charge in [0.2, 0.25) is 5.69 Å². The minimum Gasteiger partial charge on any atom is -0.748 e. The van der Waals surface area contributed by atoms with Crippen LogP contribution in [0.25, 0.3) is 0 Å². The second-order valence-electron chi connectivity index (χ2n) is 16.5. The Morgan fingerprint density at radius 1 is 0.631 bits per heavy atom. The molecular formula is C41H52N2O17S5-4. The molecule has 0 fully saturated rings. The lowest BCUT2D eigenvalue weighted by Gasteiger charge is -2.31. The van der Waals surface area contributed by atoms with Crippen molar-refractivity contribution in [2.75, 3.05) is 35.2 Å². The standard InChI is InChI=1S/C41H56N2O17S5/c1-40(22-8-12-26-61(46,47)48)33-29-31(64(55,56)57)18-20-35(33)42(24-10-4-7-17-39(44)45)37(40)15-5-3-6-16-38-41(2,23-9-13-27-62(49,50)51)34-30-32(65(58,59)60)19-21-36(34)43(38)25-11-14-28-63(52,53)54/h3,5-6,15-16,18-21,29-30H,4,7-14,17,22-28H2,1-2H3,(H5-,44,45,46,47,48,49,50,51,52,53,54,55,56,57,58,59,60)/p-4. The molecule has 2 aliphatic heterocycles. The van der Waals surface area contributed by atoms with E-state index in [-0.39, 0.29) is 64.3 Å². The van der Waals surface area contributed by atoms with Crippen LogP contribution in [0.3, 0.4) is 0 Å². The van der Waals surface area contributed by atoms with Crippen molar-refractivity contribution in [1.29, 1.82) is 0 Å². The SMILES string of the molecule is CC1(CCCCS(=O)(=O)[O-])C(/C=C/C=C/C=C2/N(CCCCS(=O)(=O)[O-])c3ccc(S(=O)(=O)[O-])cc3C2(C)CCCCS(=O)(=O)[O-])=[N+](CCCCCC(=O)O)c2ccc(S(=O)(=O)[O-])cc21. The monoisotopic (exact) mass is 1000 g/mol. The van der Waals surface area contributed by atoms with Crippen molar-refractivity contribution < 1.29 is 79.3 Å². The number of hydrogen-bond donors (Lipinski definition) is 1. The summed E-state index contributed by atoms with van der Waals surface area (Å²) in [5.41, 5.74) is 0.880. The lowest BCUT2D eigenvalue weighted by molar-refractivity contribution is -0.438. The summed E-state index contributed by atoms with van der Waals surface area (Å²) in [6.45, 7) is 4.01. The molecule has 0 amide bonds. The molecule has 2 atom stereocenters. The van der Waals surface area contributed by atoms with Crippen molar-refractivity contribution >= 4 is 73.6 Å². The van der Waals surface area contributed by atoms with Crippen molar-refractivity contribution in [2.24, 2.45) is 0 Å². The number of unbranched alkanes of at least 4 members (excludes halogenated alkanes) is 5. The van der Waals surface area contributed by atoms with Crippen molar-refractivity contribution in [3.05, 3.63) is 83.6 Å². The molecule has 24 heteroatoms. The average Bonchev–Trinajstić information content (AvgIpc) is 3.54. The minimum atomic E-state index is -4.94. The number of aliphatic carboxylic acids is 1. The molecule has 0 aliphatic carbocycles. The smallest absolute Gasteiger partial charge is 0.303 e. The first kappa shape index (κ1) is 53.8. The van der Waals surface area contributed by atoms with Gasteiger partial charge >= 0.3 is 5.97 Å². The van der Waals surface area contributed by atoms with Gasteiger partial charge in [-0.1, -0.05) is 31.1 Å². The Morgan fingerprint density at radius 3 is 1.69 bits per heavy atom. The fourth-order valence-electron chi connectivity index (χ4n) is 8.53. The quantitative estimate of drug-likeness (QED) is 0.0601. The van der Waals surface area contributed by atoms with Crippen LogP contribution in [0.1, 0.15) is 102 Å². The van der Waals surface area contributed by atoms with Crippen molar-refractivity contribution in [2.45, 2.75) is 112 Å². The fourth-order valence-corrected chi connectivity index (χ4v) is 11.2. The first-order chi connectivity index (χ1) is 30.0. The second kappa shape index (κ2) is 21.4. The van der Waals surface area contributed by atoms with E-state index in [2.05, 4.69) is 0 Å². The number of carbonyl (C=O) groups is 1. The highest BCUT2D eigenvalue weighted by Crippen LogP contribution is 2.51. The molecule has 0 radical (unpaired) electrons. The summed E-state index contributed by atoms with van der Waals surface area (Å²) in [6, 6.07) is 7.73. The van der Waals surface area contributed by atoms with E-state index >= 15 is 0 Å². The molecular weight excluding hydrogens is 953 g/mol. The van der Waals surface area contributed by atoms with Gasteiger partial charge in [-0.05, 0) is 107 Å². The summed E-state index contributed by atoms with van der Waals surface area (Å²) in [4.78, 5) is 11.9. The van der Waals surface area contributed by atoms with Crippen LogP contribution in [0.2, 0.25) is 0 Å². The molecule has 1 N–H and O–H groups in total. The summed E-state index contributed by atoms with van der Waals surface area (Å²) < 4.78 is 178. The molecule has 0 saturated carbocycles. The number of carboxylic acid groups (broad SMARTS) is 1. The van der Waals surface area contributed by atoms with Crippen LogP contribution in [0, 0.1) is 0 Å². The molecule has 2 aromatic rings. The van der Waals surface area contributed by atoms with E-state index in [4.69, 9.17) is 5.11 Å². The molecule has 2 aliphatic rings. The summed E-state index contributed by atoms with van der Waals surface area (Å²) in [5.74, 6) is -2.89. The van der Waals surface area contributed by atoms with E-state index in [0.717, 1.165) is 6.07 Å². The maximum atomic E-state index is 12.2. The van der Waals surface area contributed by atoms with Gasteiger partial charge in [0.1, 0.15) is 26.8 Å². The summed E-state index contributed by atoms with van der Waals surface area (Å²) in [5, 5.41) is 9.14. The van der Waals surface area contributed by atoms with Gasteiger partial charge in [0.15, 0.2) is 5.71 Å².